The summed E-state index contributed by atoms with van der Waals surface area (Å²) in [6, 6.07) is 18.1. The van der Waals surface area contributed by atoms with Gasteiger partial charge in [0.05, 0.1) is 0 Å². The third kappa shape index (κ3) is 1.92. The van der Waals surface area contributed by atoms with Crippen molar-refractivity contribution in [2.45, 2.75) is 25.6 Å². The van der Waals surface area contributed by atoms with Crippen molar-refractivity contribution in [1.29, 1.82) is 0 Å². The van der Waals surface area contributed by atoms with E-state index in [4.69, 9.17) is 0 Å². The molecule has 2 heteroatoms. The average Bonchev–Trinajstić information content (AvgIpc) is 2.90. The molecule has 4 rings (SSSR count). The summed E-state index contributed by atoms with van der Waals surface area (Å²) in [5, 5.41) is 3.57. The molecule has 2 aromatic rings. The molecule has 0 spiro atoms. The molecule has 96 valence electrons. The summed E-state index contributed by atoms with van der Waals surface area (Å²) < 4.78 is 0. The van der Waals surface area contributed by atoms with Gasteiger partial charge in [-0.3, -0.25) is 4.90 Å². The number of rotatable bonds is 1. The molecule has 0 saturated heterocycles. The maximum absolute atomic E-state index is 3.57. The van der Waals surface area contributed by atoms with E-state index >= 15 is 0 Å². The molecule has 0 saturated carbocycles. The van der Waals surface area contributed by atoms with E-state index in [2.05, 4.69) is 58.7 Å². The highest BCUT2D eigenvalue weighted by Crippen LogP contribution is 2.29. The van der Waals surface area contributed by atoms with Gasteiger partial charge in [0.25, 0.3) is 0 Å². The minimum Gasteiger partial charge on any atom is -0.383 e. The van der Waals surface area contributed by atoms with Crippen molar-refractivity contribution in [3.63, 3.8) is 0 Å². The van der Waals surface area contributed by atoms with Crippen molar-refractivity contribution in [2.75, 3.05) is 11.9 Å². The van der Waals surface area contributed by atoms with Crippen molar-refractivity contribution in [3.05, 3.63) is 65.2 Å². The molecule has 1 N–H and O–H groups in total. The second-order valence-electron chi connectivity index (χ2n) is 5.57. The molecule has 1 atom stereocenters. The van der Waals surface area contributed by atoms with E-state index in [9.17, 15) is 0 Å². The van der Waals surface area contributed by atoms with E-state index in [1.54, 1.807) is 0 Å². The minimum atomic E-state index is 0.613. The molecule has 2 aliphatic rings. The molecule has 0 aliphatic carbocycles. The van der Waals surface area contributed by atoms with Crippen molar-refractivity contribution < 1.29 is 0 Å². The van der Waals surface area contributed by atoms with E-state index in [-0.39, 0.29) is 0 Å². The second kappa shape index (κ2) is 4.39. The number of hydrogen-bond acceptors (Lipinski definition) is 2. The Morgan fingerprint density at radius 2 is 1.47 bits per heavy atom. The van der Waals surface area contributed by atoms with E-state index < -0.39 is 0 Å². The molecule has 0 amide bonds. The van der Waals surface area contributed by atoms with Crippen LogP contribution in [-0.4, -0.2) is 17.5 Å². The Morgan fingerprint density at radius 1 is 0.842 bits per heavy atom. The summed E-state index contributed by atoms with van der Waals surface area (Å²) >= 11 is 0. The summed E-state index contributed by atoms with van der Waals surface area (Å²) in [6.07, 6.45) is 1.16. The summed E-state index contributed by atoms with van der Waals surface area (Å²) in [5.41, 5.74) is 5.77. The minimum absolute atomic E-state index is 0.613. The maximum Gasteiger partial charge on any atom is 0.0373 e. The van der Waals surface area contributed by atoms with Gasteiger partial charge in [0.1, 0.15) is 0 Å². The normalized spacial score (nSPS) is 21.6. The molecule has 2 aliphatic heterocycles. The molecule has 1 unspecified atom stereocenters. The van der Waals surface area contributed by atoms with Gasteiger partial charge in [0.2, 0.25) is 0 Å². The third-order valence-corrected chi connectivity index (χ3v) is 4.38. The molecule has 2 aromatic carbocycles. The lowest BCUT2D eigenvalue weighted by Crippen LogP contribution is -2.41. The molecule has 0 radical (unpaired) electrons. The van der Waals surface area contributed by atoms with Gasteiger partial charge in [0.15, 0.2) is 0 Å². The summed E-state index contributed by atoms with van der Waals surface area (Å²) in [5.74, 6) is 0. The van der Waals surface area contributed by atoms with Gasteiger partial charge >= 0.3 is 0 Å². The molecular formula is C17H18N2. The number of para-hydroxylation sites is 1. The molecule has 0 aromatic heterocycles. The average molecular weight is 250 g/mol. The number of hydrogen-bond donors (Lipinski definition) is 1. The quantitative estimate of drug-likeness (QED) is 0.837. The highest BCUT2D eigenvalue weighted by Gasteiger charge is 2.28. The molecule has 0 bridgehead atoms. The zero-order valence-electron chi connectivity index (χ0n) is 11.0. The van der Waals surface area contributed by atoms with Gasteiger partial charge in [-0.25, -0.2) is 0 Å². The SMILES string of the molecule is c1ccc2c(c1)CN(C1CNc3ccccc3C1)C2. The molecule has 2 nitrogen and oxygen atoms in total. The largest absolute Gasteiger partial charge is 0.383 e. The fraction of sp³-hybridized carbons (Fsp3) is 0.294. The first-order valence-corrected chi connectivity index (χ1v) is 7.03. The van der Waals surface area contributed by atoms with Crippen molar-refractivity contribution >= 4 is 5.69 Å². The Morgan fingerprint density at radius 3 is 2.21 bits per heavy atom. The first-order chi connectivity index (χ1) is 9.40. The molecule has 0 fully saturated rings. The summed E-state index contributed by atoms with van der Waals surface area (Å²) in [6.45, 7) is 3.26. The van der Waals surface area contributed by atoms with Crippen LogP contribution in [0.5, 0.6) is 0 Å². The van der Waals surface area contributed by atoms with Crippen molar-refractivity contribution in [3.8, 4) is 0 Å². The highest BCUT2D eigenvalue weighted by atomic mass is 15.2. The third-order valence-electron chi connectivity index (χ3n) is 4.38. The number of anilines is 1. The molecular weight excluding hydrogens is 232 g/mol. The Bertz CT molecular complexity index is 581. The first-order valence-electron chi connectivity index (χ1n) is 7.03. The summed E-state index contributed by atoms with van der Waals surface area (Å²) in [7, 11) is 0. The van der Waals surface area contributed by atoms with Crippen LogP contribution in [0, 0.1) is 0 Å². The van der Waals surface area contributed by atoms with Crippen molar-refractivity contribution in [2.24, 2.45) is 0 Å². The fourth-order valence-electron chi connectivity index (χ4n) is 3.30. The van der Waals surface area contributed by atoms with Crippen LogP contribution in [0.25, 0.3) is 0 Å². The number of benzene rings is 2. The lowest BCUT2D eigenvalue weighted by molar-refractivity contribution is 0.203. The fourth-order valence-corrected chi connectivity index (χ4v) is 3.30. The van der Waals surface area contributed by atoms with Crippen LogP contribution in [0.15, 0.2) is 48.5 Å². The van der Waals surface area contributed by atoms with E-state index in [0.29, 0.717) is 6.04 Å². The predicted octanol–water partition coefficient (Wildman–Crippen LogP) is 3.04. The van der Waals surface area contributed by atoms with Crippen LogP contribution in [0.1, 0.15) is 16.7 Å². The van der Waals surface area contributed by atoms with Crippen LogP contribution in [0.3, 0.4) is 0 Å². The van der Waals surface area contributed by atoms with Crippen LogP contribution >= 0.6 is 0 Å². The van der Waals surface area contributed by atoms with Crippen LogP contribution in [-0.2, 0) is 19.5 Å². The zero-order valence-corrected chi connectivity index (χ0v) is 11.0. The Hall–Kier alpha value is -1.80. The van der Waals surface area contributed by atoms with Crippen LogP contribution < -0.4 is 5.32 Å². The van der Waals surface area contributed by atoms with E-state index in [0.717, 1.165) is 26.1 Å². The molecule has 19 heavy (non-hydrogen) atoms. The van der Waals surface area contributed by atoms with Crippen LogP contribution in [0.4, 0.5) is 5.69 Å². The number of fused-ring (bicyclic) bond motifs is 2. The first kappa shape index (κ1) is 11.1. The smallest absolute Gasteiger partial charge is 0.0373 e. The number of nitrogens with zero attached hydrogens (tertiary/aromatic N) is 1. The standard InChI is InChI=1S/C17H18N2/c1-2-7-15-12-19(11-14(15)6-1)16-9-13-5-3-4-8-17(13)18-10-16/h1-8,16,18H,9-12H2. The van der Waals surface area contributed by atoms with Gasteiger partial charge < -0.3 is 5.32 Å². The van der Waals surface area contributed by atoms with E-state index in [1.165, 1.54) is 22.4 Å². The Labute approximate surface area is 114 Å². The van der Waals surface area contributed by atoms with Gasteiger partial charge in [-0.05, 0) is 29.2 Å². The van der Waals surface area contributed by atoms with Crippen LogP contribution in [0.2, 0.25) is 0 Å². The van der Waals surface area contributed by atoms with Gasteiger partial charge in [-0.1, -0.05) is 42.5 Å². The van der Waals surface area contributed by atoms with Gasteiger partial charge in [-0.15, -0.1) is 0 Å². The lowest BCUT2D eigenvalue weighted by Gasteiger charge is -2.33. The predicted molar refractivity (Wildman–Crippen MR) is 78.1 cm³/mol. The highest BCUT2D eigenvalue weighted by molar-refractivity contribution is 5.53. The van der Waals surface area contributed by atoms with E-state index in [1.807, 2.05) is 0 Å². The number of nitrogens with one attached hydrogen (secondary N) is 1. The Kier molecular flexibility index (Phi) is 2.56. The maximum atomic E-state index is 3.57. The van der Waals surface area contributed by atoms with Crippen molar-refractivity contribution in [1.82, 2.24) is 4.90 Å². The van der Waals surface area contributed by atoms with Gasteiger partial charge in [0, 0.05) is 31.4 Å². The summed E-state index contributed by atoms with van der Waals surface area (Å²) in [4.78, 5) is 2.60. The molecule has 2 heterocycles. The second-order valence-corrected chi connectivity index (χ2v) is 5.57. The zero-order chi connectivity index (χ0) is 12.7. The van der Waals surface area contributed by atoms with Gasteiger partial charge in [-0.2, -0.15) is 0 Å². The Balaban J connectivity index is 1.54. The topological polar surface area (TPSA) is 15.3 Å². The lowest BCUT2D eigenvalue weighted by atomic mass is 9.99. The monoisotopic (exact) mass is 250 g/mol.